The summed E-state index contributed by atoms with van der Waals surface area (Å²) in [5.41, 5.74) is 1.87. The van der Waals surface area contributed by atoms with Crippen molar-refractivity contribution in [3.63, 3.8) is 0 Å². The predicted molar refractivity (Wildman–Crippen MR) is 128 cm³/mol. The second-order valence-electron chi connectivity index (χ2n) is 7.35. The van der Waals surface area contributed by atoms with Gasteiger partial charge >= 0.3 is 0 Å². The van der Waals surface area contributed by atoms with E-state index in [4.69, 9.17) is 4.74 Å². The zero-order valence-corrected chi connectivity index (χ0v) is 19.2. The number of ether oxygens (including phenoxy) is 1. The minimum Gasteiger partial charge on any atom is -0.496 e. The highest BCUT2D eigenvalue weighted by atomic mass is 32.2. The summed E-state index contributed by atoms with van der Waals surface area (Å²) in [7, 11) is 1.60. The average molecular weight is 481 g/mol. The van der Waals surface area contributed by atoms with Crippen LogP contribution in [0.3, 0.4) is 0 Å². The summed E-state index contributed by atoms with van der Waals surface area (Å²) in [5.74, 6) is -0.709. The molecule has 6 nitrogen and oxygen atoms in total. The molecule has 1 heterocycles. The summed E-state index contributed by atoms with van der Waals surface area (Å²) in [5, 5.41) is 11.7. The van der Waals surface area contributed by atoms with E-state index in [0.717, 1.165) is 29.7 Å². The highest BCUT2D eigenvalue weighted by molar-refractivity contribution is 7.99. The van der Waals surface area contributed by atoms with Crippen molar-refractivity contribution >= 4 is 23.4 Å². The normalized spacial score (nSPS) is 10.8. The van der Waals surface area contributed by atoms with Crippen molar-refractivity contribution in [2.45, 2.75) is 18.1 Å². The third-order valence-electron chi connectivity index (χ3n) is 5.07. The Kier molecular flexibility index (Phi) is 7.54. The van der Waals surface area contributed by atoms with Gasteiger partial charge in [0.05, 0.1) is 24.1 Å². The van der Waals surface area contributed by atoms with Gasteiger partial charge in [0.2, 0.25) is 5.91 Å². The van der Waals surface area contributed by atoms with E-state index in [0.29, 0.717) is 23.3 Å². The van der Waals surface area contributed by atoms with Crippen LogP contribution in [0.1, 0.15) is 5.56 Å². The highest BCUT2D eigenvalue weighted by Crippen LogP contribution is 2.31. The van der Waals surface area contributed by atoms with E-state index in [2.05, 4.69) is 15.5 Å². The van der Waals surface area contributed by atoms with E-state index in [1.54, 1.807) is 7.11 Å². The lowest BCUT2D eigenvalue weighted by atomic mass is 10.1. The molecular formula is C25H22F2N4O2S. The highest BCUT2D eigenvalue weighted by Gasteiger charge is 2.19. The molecule has 1 N–H and O–H groups in total. The van der Waals surface area contributed by atoms with E-state index >= 15 is 0 Å². The summed E-state index contributed by atoms with van der Waals surface area (Å²) in [6.07, 6.45) is 0.738. The van der Waals surface area contributed by atoms with Gasteiger partial charge in [0.1, 0.15) is 17.4 Å². The fourth-order valence-corrected chi connectivity index (χ4v) is 4.18. The Morgan fingerprint density at radius 3 is 2.56 bits per heavy atom. The van der Waals surface area contributed by atoms with Crippen molar-refractivity contribution in [3.8, 4) is 17.1 Å². The zero-order valence-electron chi connectivity index (χ0n) is 18.4. The SMILES string of the molecule is COc1ccccc1-c1nnc(SCC(=O)Nc2ccc(F)cc2F)n1CCc1ccccc1. The number of anilines is 1. The number of aryl methyl sites for hydroxylation is 1. The van der Waals surface area contributed by atoms with Crippen LogP contribution in [0.5, 0.6) is 5.75 Å². The molecule has 3 aromatic carbocycles. The average Bonchev–Trinajstić information content (AvgIpc) is 3.26. The Balaban J connectivity index is 1.55. The number of amides is 1. The van der Waals surface area contributed by atoms with Crippen molar-refractivity contribution in [2.75, 3.05) is 18.2 Å². The van der Waals surface area contributed by atoms with Crippen LogP contribution in [-0.4, -0.2) is 33.5 Å². The zero-order chi connectivity index (χ0) is 23.9. The number of thioether (sulfide) groups is 1. The maximum atomic E-state index is 13.9. The number of carbonyl (C=O) groups excluding carboxylic acids is 1. The van der Waals surface area contributed by atoms with Crippen molar-refractivity contribution in [2.24, 2.45) is 0 Å². The summed E-state index contributed by atoms with van der Waals surface area (Å²) >= 11 is 1.19. The second kappa shape index (κ2) is 10.9. The van der Waals surface area contributed by atoms with Crippen LogP contribution >= 0.6 is 11.8 Å². The summed E-state index contributed by atoms with van der Waals surface area (Å²) in [4.78, 5) is 12.4. The molecule has 0 aliphatic rings. The van der Waals surface area contributed by atoms with Gasteiger partial charge in [-0.05, 0) is 36.2 Å². The van der Waals surface area contributed by atoms with Crippen LogP contribution < -0.4 is 10.1 Å². The minimum absolute atomic E-state index is 0.0216. The number of benzene rings is 3. The standard InChI is InChI=1S/C25H22F2N4O2S/c1-33-22-10-6-5-9-19(22)24-29-30-25(31(24)14-13-17-7-3-2-4-8-17)34-16-23(32)28-21-12-11-18(26)15-20(21)27/h2-12,15H,13-14,16H2,1H3,(H,28,32). The van der Waals surface area contributed by atoms with Gasteiger partial charge in [0, 0.05) is 12.6 Å². The molecule has 0 atom stereocenters. The number of aromatic nitrogens is 3. The smallest absolute Gasteiger partial charge is 0.234 e. The first-order chi connectivity index (χ1) is 16.5. The Morgan fingerprint density at radius 2 is 1.79 bits per heavy atom. The lowest BCUT2D eigenvalue weighted by Gasteiger charge is -2.12. The molecule has 0 bridgehead atoms. The Hall–Kier alpha value is -3.72. The lowest BCUT2D eigenvalue weighted by Crippen LogP contribution is -2.16. The number of nitrogens with zero attached hydrogens (tertiary/aromatic N) is 3. The molecular weight excluding hydrogens is 458 g/mol. The van der Waals surface area contributed by atoms with Gasteiger partial charge in [0.15, 0.2) is 11.0 Å². The number of methoxy groups -OCH3 is 1. The molecule has 4 aromatic rings. The number of para-hydroxylation sites is 1. The molecule has 0 aliphatic carbocycles. The van der Waals surface area contributed by atoms with Crippen LogP contribution in [0, 0.1) is 11.6 Å². The molecule has 0 saturated carbocycles. The van der Waals surface area contributed by atoms with Gasteiger partial charge in [-0.2, -0.15) is 0 Å². The minimum atomic E-state index is -0.831. The van der Waals surface area contributed by atoms with E-state index in [-0.39, 0.29) is 11.4 Å². The van der Waals surface area contributed by atoms with Gasteiger partial charge in [-0.3, -0.25) is 4.79 Å². The molecule has 0 fully saturated rings. The number of rotatable bonds is 9. The van der Waals surface area contributed by atoms with Gasteiger partial charge in [-0.15, -0.1) is 10.2 Å². The Morgan fingerprint density at radius 1 is 1.03 bits per heavy atom. The summed E-state index contributed by atoms with van der Waals surface area (Å²) < 4.78 is 34.4. The van der Waals surface area contributed by atoms with Crippen LogP contribution in [0.4, 0.5) is 14.5 Å². The van der Waals surface area contributed by atoms with Crippen LogP contribution in [0.15, 0.2) is 78.0 Å². The van der Waals surface area contributed by atoms with Gasteiger partial charge in [0.25, 0.3) is 0 Å². The number of halogens is 2. The first kappa shape index (κ1) is 23.4. The molecule has 0 radical (unpaired) electrons. The topological polar surface area (TPSA) is 69.0 Å². The van der Waals surface area contributed by atoms with Gasteiger partial charge < -0.3 is 14.6 Å². The van der Waals surface area contributed by atoms with E-state index in [9.17, 15) is 13.6 Å². The molecule has 9 heteroatoms. The van der Waals surface area contributed by atoms with Crippen molar-refractivity contribution in [3.05, 3.63) is 90.0 Å². The summed E-state index contributed by atoms with van der Waals surface area (Å²) in [6.45, 7) is 0.584. The molecule has 34 heavy (non-hydrogen) atoms. The molecule has 0 spiro atoms. The van der Waals surface area contributed by atoms with Crippen LogP contribution in [0.2, 0.25) is 0 Å². The first-order valence-corrected chi connectivity index (χ1v) is 11.5. The molecule has 1 aromatic heterocycles. The molecule has 4 rings (SSSR count). The molecule has 1 amide bonds. The van der Waals surface area contributed by atoms with Crippen molar-refractivity contribution in [1.29, 1.82) is 0 Å². The summed E-state index contributed by atoms with van der Waals surface area (Å²) in [6, 6.07) is 20.6. The predicted octanol–water partition coefficient (Wildman–Crippen LogP) is 5.21. The van der Waals surface area contributed by atoms with Crippen LogP contribution in [-0.2, 0) is 17.8 Å². The first-order valence-electron chi connectivity index (χ1n) is 10.5. The van der Waals surface area contributed by atoms with E-state index < -0.39 is 17.5 Å². The van der Waals surface area contributed by atoms with Gasteiger partial charge in [-0.25, -0.2) is 8.78 Å². The molecule has 174 valence electrons. The fourth-order valence-electron chi connectivity index (χ4n) is 3.42. The molecule has 0 unspecified atom stereocenters. The number of hydrogen-bond acceptors (Lipinski definition) is 5. The number of carbonyl (C=O) groups is 1. The van der Waals surface area contributed by atoms with Crippen molar-refractivity contribution in [1.82, 2.24) is 14.8 Å². The van der Waals surface area contributed by atoms with Crippen molar-refractivity contribution < 1.29 is 18.3 Å². The molecule has 0 saturated heterocycles. The van der Waals surface area contributed by atoms with E-state index in [1.165, 1.54) is 17.8 Å². The second-order valence-corrected chi connectivity index (χ2v) is 8.30. The monoisotopic (exact) mass is 480 g/mol. The third-order valence-corrected chi connectivity index (χ3v) is 6.04. The molecule has 0 aliphatic heterocycles. The number of nitrogens with one attached hydrogen (secondary N) is 1. The van der Waals surface area contributed by atoms with Gasteiger partial charge in [-0.1, -0.05) is 54.2 Å². The maximum Gasteiger partial charge on any atom is 0.234 e. The maximum absolute atomic E-state index is 13.9. The quantitative estimate of drug-likeness (QED) is 0.333. The van der Waals surface area contributed by atoms with Crippen LogP contribution in [0.25, 0.3) is 11.4 Å². The Bertz CT molecular complexity index is 1280. The van der Waals surface area contributed by atoms with E-state index in [1.807, 2.05) is 59.2 Å². The third kappa shape index (κ3) is 5.60. The number of hydrogen-bond donors (Lipinski definition) is 1. The Labute approximate surface area is 200 Å². The fraction of sp³-hybridized carbons (Fsp3) is 0.160. The lowest BCUT2D eigenvalue weighted by molar-refractivity contribution is -0.113. The largest absolute Gasteiger partial charge is 0.496 e.